The standard InChI is InChI=1S/C15H12BrFN4O2/c16-10-8-19-21-13(18-6-5-14(22)23)7-12(20-15(10)21)9-3-1-2-4-11(9)17/h1-4,7-8,18H,5-6H2,(H,22,23). The van der Waals surface area contributed by atoms with E-state index in [0.29, 0.717) is 27.2 Å². The number of halogens is 2. The summed E-state index contributed by atoms with van der Waals surface area (Å²) in [5.74, 6) is -0.740. The van der Waals surface area contributed by atoms with Crippen molar-refractivity contribution in [3.05, 3.63) is 46.8 Å². The molecular weight excluding hydrogens is 367 g/mol. The zero-order valence-electron chi connectivity index (χ0n) is 11.8. The van der Waals surface area contributed by atoms with Crippen LogP contribution in [0.2, 0.25) is 0 Å². The van der Waals surface area contributed by atoms with Crippen LogP contribution < -0.4 is 5.32 Å². The summed E-state index contributed by atoms with van der Waals surface area (Å²) in [4.78, 5) is 15.1. The van der Waals surface area contributed by atoms with Crippen LogP contribution in [0, 0.1) is 5.82 Å². The van der Waals surface area contributed by atoms with Crippen LogP contribution in [-0.4, -0.2) is 32.2 Å². The van der Waals surface area contributed by atoms with Crippen molar-refractivity contribution in [2.24, 2.45) is 0 Å². The predicted molar refractivity (Wildman–Crippen MR) is 86.8 cm³/mol. The highest BCUT2D eigenvalue weighted by Gasteiger charge is 2.13. The maximum Gasteiger partial charge on any atom is 0.305 e. The molecule has 0 aliphatic rings. The minimum atomic E-state index is -0.904. The molecule has 2 heterocycles. The van der Waals surface area contributed by atoms with Crippen molar-refractivity contribution in [2.45, 2.75) is 6.42 Å². The third-order valence-corrected chi connectivity index (χ3v) is 3.78. The van der Waals surface area contributed by atoms with Crippen LogP contribution in [0.3, 0.4) is 0 Å². The van der Waals surface area contributed by atoms with Crippen LogP contribution >= 0.6 is 15.9 Å². The van der Waals surface area contributed by atoms with Crippen LogP contribution in [-0.2, 0) is 4.79 Å². The smallest absolute Gasteiger partial charge is 0.305 e. The lowest BCUT2D eigenvalue weighted by Crippen LogP contribution is -2.11. The zero-order valence-corrected chi connectivity index (χ0v) is 13.4. The highest BCUT2D eigenvalue weighted by Crippen LogP contribution is 2.27. The number of aliphatic carboxylic acids is 1. The van der Waals surface area contributed by atoms with Gasteiger partial charge in [-0.15, -0.1) is 0 Å². The lowest BCUT2D eigenvalue weighted by Gasteiger charge is -2.10. The summed E-state index contributed by atoms with van der Waals surface area (Å²) in [6.45, 7) is 0.225. The number of fused-ring (bicyclic) bond motifs is 1. The van der Waals surface area contributed by atoms with E-state index in [-0.39, 0.29) is 18.8 Å². The fourth-order valence-electron chi connectivity index (χ4n) is 2.17. The molecule has 0 amide bonds. The van der Waals surface area contributed by atoms with Crippen LogP contribution in [0.5, 0.6) is 0 Å². The maximum atomic E-state index is 14.0. The van der Waals surface area contributed by atoms with E-state index < -0.39 is 5.97 Å². The quantitative estimate of drug-likeness (QED) is 0.712. The van der Waals surface area contributed by atoms with E-state index >= 15 is 0 Å². The third kappa shape index (κ3) is 3.16. The minimum Gasteiger partial charge on any atom is -0.481 e. The first-order chi connectivity index (χ1) is 11.1. The van der Waals surface area contributed by atoms with Gasteiger partial charge in [-0.3, -0.25) is 4.79 Å². The number of carbonyl (C=O) groups is 1. The number of hydrogen-bond donors (Lipinski definition) is 2. The van der Waals surface area contributed by atoms with Gasteiger partial charge in [-0.05, 0) is 28.1 Å². The number of aromatic nitrogens is 3. The van der Waals surface area contributed by atoms with Gasteiger partial charge in [0.15, 0.2) is 5.65 Å². The van der Waals surface area contributed by atoms with Crippen LogP contribution in [0.1, 0.15) is 6.42 Å². The molecule has 0 saturated carbocycles. The maximum absolute atomic E-state index is 14.0. The topological polar surface area (TPSA) is 79.5 Å². The minimum absolute atomic E-state index is 0.0404. The summed E-state index contributed by atoms with van der Waals surface area (Å²) in [6.07, 6.45) is 1.54. The fraction of sp³-hybridized carbons (Fsp3) is 0.133. The molecule has 23 heavy (non-hydrogen) atoms. The molecule has 0 bridgehead atoms. The molecule has 0 atom stereocenters. The van der Waals surface area contributed by atoms with E-state index in [9.17, 15) is 9.18 Å². The normalized spacial score (nSPS) is 10.9. The fourth-order valence-corrected chi connectivity index (χ4v) is 2.51. The average molecular weight is 379 g/mol. The van der Waals surface area contributed by atoms with Gasteiger partial charge in [0.1, 0.15) is 11.6 Å². The van der Waals surface area contributed by atoms with E-state index in [1.54, 1.807) is 30.5 Å². The molecular formula is C15H12BrFN4O2. The van der Waals surface area contributed by atoms with Crippen molar-refractivity contribution in [3.63, 3.8) is 0 Å². The summed E-state index contributed by atoms with van der Waals surface area (Å²) in [5.41, 5.74) is 1.32. The van der Waals surface area contributed by atoms with Crippen molar-refractivity contribution in [2.75, 3.05) is 11.9 Å². The molecule has 2 aromatic heterocycles. The molecule has 0 radical (unpaired) electrons. The summed E-state index contributed by atoms with van der Waals surface area (Å²) in [6, 6.07) is 7.99. The Balaban J connectivity index is 2.07. The van der Waals surface area contributed by atoms with Crippen molar-refractivity contribution < 1.29 is 14.3 Å². The lowest BCUT2D eigenvalue weighted by molar-refractivity contribution is -0.136. The van der Waals surface area contributed by atoms with Crippen molar-refractivity contribution in [3.8, 4) is 11.3 Å². The molecule has 0 spiro atoms. The molecule has 3 rings (SSSR count). The van der Waals surface area contributed by atoms with Gasteiger partial charge in [-0.1, -0.05) is 12.1 Å². The molecule has 118 valence electrons. The second-order valence-electron chi connectivity index (χ2n) is 4.80. The average Bonchev–Trinajstić information content (AvgIpc) is 2.89. The Hall–Kier alpha value is -2.48. The number of benzene rings is 1. The van der Waals surface area contributed by atoms with Crippen molar-refractivity contribution >= 4 is 33.4 Å². The molecule has 3 aromatic rings. The SMILES string of the molecule is O=C(O)CCNc1cc(-c2ccccc2F)nc2c(Br)cnn12. The number of carboxylic acids is 1. The van der Waals surface area contributed by atoms with Crippen LogP contribution in [0.4, 0.5) is 10.2 Å². The number of nitrogens with zero attached hydrogens (tertiary/aromatic N) is 3. The number of nitrogens with one attached hydrogen (secondary N) is 1. The first-order valence-electron chi connectivity index (χ1n) is 6.81. The molecule has 0 aliphatic carbocycles. The van der Waals surface area contributed by atoms with Gasteiger partial charge >= 0.3 is 5.97 Å². The van der Waals surface area contributed by atoms with Gasteiger partial charge in [0, 0.05) is 18.2 Å². The summed E-state index contributed by atoms with van der Waals surface area (Å²) >= 11 is 3.36. The number of rotatable bonds is 5. The molecule has 0 saturated heterocycles. The van der Waals surface area contributed by atoms with Crippen LogP contribution in [0.15, 0.2) is 41.0 Å². The molecule has 8 heteroatoms. The summed E-state index contributed by atoms with van der Waals surface area (Å²) in [7, 11) is 0. The predicted octanol–water partition coefficient (Wildman–Crippen LogP) is 3.18. The molecule has 0 fully saturated rings. The Morgan fingerprint density at radius 3 is 2.91 bits per heavy atom. The Morgan fingerprint density at radius 1 is 1.39 bits per heavy atom. The molecule has 0 aliphatic heterocycles. The summed E-state index contributed by atoms with van der Waals surface area (Å²) < 4.78 is 16.2. The highest BCUT2D eigenvalue weighted by atomic mass is 79.9. The second kappa shape index (κ2) is 6.33. The van der Waals surface area contributed by atoms with Crippen molar-refractivity contribution in [1.29, 1.82) is 0 Å². The number of hydrogen-bond acceptors (Lipinski definition) is 4. The molecule has 6 nitrogen and oxygen atoms in total. The van der Waals surface area contributed by atoms with Gasteiger partial charge in [0.05, 0.1) is 22.8 Å². The monoisotopic (exact) mass is 378 g/mol. The van der Waals surface area contributed by atoms with E-state index in [2.05, 4.69) is 31.3 Å². The van der Waals surface area contributed by atoms with Gasteiger partial charge in [0.2, 0.25) is 0 Å². The van der Waals surface area contributed by atoms with E-state index in [4.69, 9.17) is 5.11 Å². The third-order valence-electron chi connectivity index (χ3n) is 3.22. The number of carboxylic acid groups (broad SMARTS) is 1. The van der Waals surface area contributed by atoms with Gasteiger partial charge in [-0.2, -0.15) is 9.61 Å². The number of anilines is 1. The van der Waals surface area contributed by atoms with E-state index in [1.807, 2.05) is 0 Å². The van der Waals surface area contributed by atoms with Crippen molar-refractivity contribution in [1.82, 2.24) is 14.6 Å². The Labute approximate surface area is 139 Å². The first kappa shape index (κ1) is 15.4. The van der Waals surface area contributed by atoms with Crippen LogP contribution in [0.25, 0.3) is 16.9 Å². The van der Waals surface area contributed by atoms with Gasteiger partial charge < -0.3 is 10.4 Å². The van der Waals surface area contributed by atoms with E-state index in [1.165, 1.54) is 10.6 Å². The largest absolute Gasteiger partial charge is 0.481 e. The molecule has 2 N–H and O–H groups in total. The Morgan fingerprint density at radius 2 is 2.17 bits per heavy atom. The first-order valence-corrected chi connectivity index (χ1v) is 7.60. The van der Waals surface area contributed by atoms with E-state index in [0.717, 1.165) is 0 Å². The highest BCUT2D eigenvalue weighted by molar-refractivity contribution is 9.10. The molecule has 1 aromatic carbocycles. The Bertz CT molecular complexity index is 881. The second-order valence-corrected chi connectivity index (χ2v) is 5.66. The molecule has 0 unspecified atom stereocenters. The lowest BCUT2D eigenvalue weighted by atomic mass is 10.1. The Kier molecular flexibility index (Phi) is 4.24. The van der Waals surface area contributed by atoms with Gasteiger partial charge in [0.25, 0.3) is 0 Å². The zero-order chi connectivity index (χ0) is 16.4. The summed E-state index contributed by atoms with van der Waals surface area (Å²) in [5, 5.41) is 15.9. The van der Waals surface area contributed by atoms with Gasteiger partial charge in [-0.25, -0.2) is 9.37 Å².